The van der Waals surface area contributed by atoms with Gasteiger partial charge in [-0.15, -0.1) is 5.10 Å². The third-order valence-corrected chi connectivity index (χ3v) is 3.46. The predicted molar refractivity (Wildman–Crippen MR) is 71.1 cm³/mol. The van der Waals surface area contributed by atoms with Gasteiger partial charge < -0.3 is 5.73 Å². The lowest BCUT2D eigenvalue weighted by Crippen LogP contribution is -2.26. The van der Waals surface area contributed by atoms with Crippen LogP contribution in [0.15, 0.2) is 32.9 Å². The highest BCUT2D eigenvalue weighted by molar-refractivity contribution is 9.10. The van der Waals surface area contributed by atoms with Gasteiger partial charge >= 0.3 is 0 Å². The van der Waals surface area contributed by atoms with Crippen LogP contribution in [-0.2, 0) is 0 Å². The summed E-state index contributed by atoms with van der Waals surface area (Å²) in [6.45, 7) is 2.03. The van der Waals surface area contributed by atoms with Gasteiger partial charge in [-0.25, -0.2) is 0 Å². The van der Waals surface area contributed by atoms with Gasteiger partial charge in [0.1, 0.15) is 5.84 Å². The van der Waals surface area contributed by atoms with Crippen LogP contribution < -0.4 is 5.73 Å². The molecule has 16 heavy (non-hydrogen) atoms. The maximum atomic E-state index is 5.96. The van der Waals surface area contributed by atoms with E-state index in [0.717, 1.165) is 22.2 Å². The van der Waals surface area contributed by atoms with Crippen LogP contribution in [0.25, 0.3) is 0 Å². The molecule has 1 aliphatic rings. The summed E-state index contributed by atoms with van der Waals surface area (Å²) in [4.78, 5) is 0. The highest BCUT2D eigenvalue weighted by Gasteiger charge is 2.18. The van der Waals surface area contributed by atoms with Crippen LogP contribution in [0.2, 0.25) is 5.02 Å². The smallest absolute Gasteiger partial charge is 0.125 e. The Morgan fingerprint density at radius 3 is 2.88 bits per heavy atom. The van der Waals surface area contributed by atoms with Crippen molar-refractivity contribution in [3.8, 4) is 0 Å². The molecular weight excluding hydrogens is 289 g/mol. The Morgan fingerprint density at radius 1 is 1.44 bits per heavy atom. The Labute approximate surface area is 108 Å². The number of benzene rings is 1. The fraction of sp³-hybridized carbons (Fsp3) is 0.273. The summed E-state index contributed by atoms with van der Waals surface area (Å²) >= 11 is 9.45. The molecule has 0 radical (unpaired) electrons. The third kappa shape index (κ3) is 2.28. The number of halogens is 2. The van der Waals surface area contributed by atoms with E-state index in [2.05, 4.69) is 26.1 Å². The molecule has 1 atom stereocenters. The molecule has 3 nitrogen and oxygen atoms in total. The third-order valence-electron chi connectivity index (χ3n) is 2.53. The highest BCUT2D eigenvalue weighted by atomic mass is 79.9. The van der Waals surface area contributed by atoms with E-state index in [4.69, 9.17) is 17.3 Å². The first-order valence-electron chi connectivity index (χ1n) is 4.93. The first-order chi connectivity index (χ1) is 7.58. The van der Waals surface area contributed by atoms with Crippen LogP contribution in [-0.4, -0.2) is 11.5 Å². The van der Waals surface area contributed by atoms with E-state index in [1.807, 2.05) is 25.1 Å². The second kappa shape index (κ2) is 4.55. The van der Waals surface area contributed by atoms with E-state index in [9.17, 15) is 0 Å². The lowest BCUT2D eigenvalue weighted by Gasteiger charge is -2.17. The maximum absolute atomic E-state index is 5.96. The minimum absolute atomic E-state index is 0.221. The SMILES string of the molecule is CC1CC(c2cc(Cl)ccc2Br)=NN=C1N. The minimum Gasteiger partial charge on any atom is -0.385 e. The second-order valence-electron chi connectivity index (χ2n) is 3.80. The zero-order valence-electron chi connectivity index (χ0n) is 8.74. The van der Waals surface area contributed by atoms with Gasteiger partial charge in [-0.1, -0.05) is 34.5 Å². The average molecular weight is 301 g/mol. The first kappa shape index (κ1) is 11.6. The van der Waals surface area contributed by atoms with Gasteiger partial charge in [-0.05, 0) is 18.2 Å². The number of hydrogen-bond acceptors (Lipinski definition) is 3. The zero-order valence-corrected chi connectivity index (χ0v) is 11.1. The van der Waals surface area contributed by atoms with Crippen molar-refractivity contribution >= 4 is 39.1 Å². The first-order valence-corrected chi connectivity index (χ1v) is 6.10. The monoisotopic (exact) mass is 299 g/mol. The molecule has 1 unspecified atom stereocenters. The second-order valence-corrected chi connectivity index (χ2v) is 5.09. The summed E-state index contributed by atoms with van der Waals surface area (Å²) in [5.74, 6) is 0.806. The van der Waals surface area contributed by atoms with E-state index in [1.54, 1.807) is 0 Å². The van der Waals surface area contributed by atoms with Gasteiger partial charge in [-0.3, -0.25) is 0 Å². The molecule has 1 aliphatic heterocycles. The molecule has 0 aromatic heterocycles. The Morgan fingerprint density at radius 2 is 2.19 bits per heavy atom. The number of amidine groups is 1. The number of rotatable bonds is 1. The molecule has 2 N–H and O–H groups in total. The normalized spacial score (nSPS) is 20.3. The van der Waals surface area contributed by atoms with Gasteiger partial charge in [0.25, 0.3) is 0 Å². The van der Waals surface area contributed by atoms with Gasteiger partial charge in [0.15, 0.2) is 0 Å². The largest absolute Gasteiger partial charge is 0.385 e. The summed E-state index contributed by atoms with van der Waals surface area (Å²) in [6, 6.07) is 5.63. The van der Waals surface area contributed by atoms with Crippen LogP contribution in [0.1, 0.15) is 18.9 Å². The molecule has 5 heteroatoms. The van der Waals surface area contributed by atoms with Crippen molar-refractivity contribution in [2.45, 2.75) is 13.3 Å². The molecule has 0 saturated carbocycles. The fourth-order valence-electron chi connectivity index (χ4n) is 1.53. The van der Waals surface area contributed by atoms with Crippen LogP contribution in [0, 0.1) is 5.92 Å². The molecule has 1 aromatic carbocycles. The topological polar surface area (TPSA) is 50.7 Å². The van der Waals surface area contributed by atoms with Crippen molar-refractivity contribution in [2.75, 3.05) is 0 Å². The van der Waals surface area contributed by atoms with Crippen molar-refractivity contribution in [2.24, 2.45) is 21.9 Å². The van der Waals surface area contributed by atoms with E-state index < -0.39 is 0 Å². The van der Waals surface area contributed by atoms with Crippen molar-refractivity contribution < 1.29 is 0 Å². The summed E-state index contributed by atoms with van der Waals surface area (Å²) in [5.41, 5.74) is 7.59. The molecule has 0 bridgehead atoms. The Balaban J connectivity index is 2.42. The summed E-state index contributed by atoms with van der Waals surface area (Å²) in [7, 11) is 0. The molecule has 0 aliphatic carbocycles. The quantitative estimate of drug-likeness (QED) is 0.850. The average Bonchev–Trinajstić information content (AvgIpc) is 2.26. The van der Waals surface area contributed by atoms with Gasteiger partial charge in [0.05, 0.1) is 5.71 Å². The molecule has 0 saturated heterocycles. The molecule has 0 spiro atoms. The van der Waals surface area contributed by atoms with Crippen LogP contribution >= 0.6 is 27.5 Å². The van der Waals surface area contributed by atoms with Crippen LogP contribution in [0.5, 0.6) is 0 Å². The summed E-state index contributed by atoms with van der Waals surface area (Å²) in [6.07, 6.45) is 0.786. The van der Waals surface area contributed by atoms with Crippen molar-refractivity contribution in [1.29, 1.82) is 0 Å². The lowest BCUT2D eigenvalue weighted by atomic mass is 9.97. The Bertz CT molecular complexity index is 482. The highest BCUT2D eigenvalue weighted by Crippen LogP contribution is 2.25. The number of nitrogens with zero attached hydrogens (tertiary/aromatic N) is 2. The van der Waals surface area contributed by atoms with Crippen LogP contribution in [0.3, 0.4) is 0 Å². The molecule has 2 rings (SSSR count). The summed E-state index contributed by atoms with van der Waals surface area (Å²) in [5, 5.41) is 8.77. The molecule has 84 valence electrons. The van der Waals surface area contributed by atoms with Crippen LogP contribution in [0.4, 0.5) is 0 Å². The van der Waals surface area contributed by atoms with Crippen molar-refractivity contribution in [3.05, 3.63) is 33.3 Å². The minimum atomic E-state index is 0.221. The number of hydrogen-bond donors (Lipinski definition) is 1. The molecule has 1 heterocycles. The van der Waals surface area contributed by atoms with E-state index in [1.165, 1.54) is 0 Å². The predicted octanol–water partition coefficient (Wildman–Crippen LogP) is 3.20. The summed E-state index contributed by atoms with van der Waals surface area (Å²) < 4.78 is 0.971. The molecule has 0 amide bonds. The van der Waals surface area contributed by atoms with Gasteiger partial charge in [-0.2, -0.15) is 5.10 Å². The van der Waals surface area contributed by atoms with Crippen molar-refractivity contribution in [1.82, 2.24) is 0 Å². The fourth-order valence-corrected chi connectivity index (χ4v) is 2.18. The van der Waals surface area contributed by atoms with Gasteiger partial charge in [0, 0.05) is 27.4 Å². The van der Waals surface area contributed by atoms with E-state index >= 15 is 0 Å². The Kier molecular flexibility index (Phi) is 3.30. The lowest BCUT2D eigenvalue weighted by molar-refractivity contribution is 0.779. The van der Waals surface area contributed by atoms with Crippen molar-refractivity contribution in [3.63, 3.8) is 0 Å². The Hall–Kier alpha value is -0.870. The molecular formula is C11H11BrClN3. The maximum Gasteiger partial charge on any atom is 0.125 e. The molecule has 0 fully saturated rings. The van der Waals surface area contributed by atoms with E-state index in [0.29, 0.717) is 10.9 Å². The van der Waals surface area contributed by atoms with Gasteiger partial charge in [0.2, 0.25) is 0 Å². The van der Waals surface area contributed by atoms with E-state index in [-0.39, 0.29) is 5.92 Å². The zero-order chi connectivity index (χ0) is 11.7. The number of nitrogens with two attached hydrogens (primary N) is 1. The molecule has 1 aromatic rings. The standard InChI is InChI=1S/C11H11BrClN3/c1-6-4-10(15-16-11(6)14)8-5-7(13)2-3-9(8)12/h2-3,5-6H,4H2,1H3,(H2,14,16).